The van der Waals surface area contributed by atoms with E-state index >= 15 is 0 Å². The van der Waals surface area contributed by atoms with Crippen LogP contribution in [0.1, 0.15) is 46.0 Å². The van der Waals surface area contributed by atoms with E-state index in [0.717, 1.165) is 71.6 Å². The molecule has 0 aromatic rings. The summed E-state index contributed by atoms with van der Waals surface area (Å²) in [6.07, 6.45) is 5.52. The van der Waals surface area contributed by atoms with E-state index in [-0.39, 0.29) is 0 Å². The Kier molecular flexibility index (Phi) is 5.84. The SMILES string of the molecule is CCCNCC1(CN2CCCC(C)(O)C2)CCOCC1. The van der Waals surface area contributed by atoms with E-state index in [1.54, 1.807) is 0 Å². The standard InChI is InChI=1S/C16H32N2O2/c1-3-8-17-12-16(6-10-20-11-7-16)14-18-9-4-5-15(2,19)13-18/h17,19H,3-14H2,1-2H3. The molecule has 2 saturated heterocycles. The van der Waals surface area contributed by atoms with Crippen molar-refractivity contribution in [2.24, 2.45) is 5.41 Å². The molecule has 4 nitrogen and oxygen atoms in total. The molecule has 0 amide bonds. The minimum atomic E-state index is -0.499. The Labute approximate surface area is 123 Å². The van der Waals surface area contributed by atoms with Crippen molar-refractivity contribution in [3.63, 3.8) is 0 Å². The monoisotopic (exact) mass is 284 g/mol. The van der Waals surface area contributed by atoms with Crippen molar-refractivity contribution in [3.8, 4) is 0 Å². The van der Waals surface area contributed by atoms with Crippen LogP contribution < -0.4 is 5.32 Å². The third kappa shape index (κ3) is 4.69. The fourth-order valence-corrected chi connectivity index (χ4v) is 3.66. The van der Waals surface area contributed by atoms with Crippen LogP contribution in [-0.2, 0) is 4.74 Å². The number of nitrogens with zero attached hydrogens (tertiary/aromatic N) is 1. The quantitative estimate of drug-likeness (QED) is 0.728. The van der Waals surface area contributed by atoms with Crippen molar-refractivity contribution in [3.05, 3.63) is 0 Å². The number of hydrogen-bond acceptors (Lipinski definition) is 4. The first-order valence-corrected chi connectivity index (χ1v) is 8.29. The fourth-order valence-electron chi connectivity index (χ4n) is 3.66. The number of piperidine rings is 1. The van der Waals surface area contributed by atoms with Gasteiger partial charge in [-0.3, -0.25) is 4.90 Å². The van der Waals surface area contributed by atoms with Gasteiger partial charge in [0.15, 0.2) is 0 Å². The molecule has 2 fully saturated rings. The Balaban J connectivity index is 1.92. The Morgan fingerprint density at radius 2 is 2.00 bits per heavy atom. The Hall–Kier alpha value is -0.160. The number of hydrogen-bond donors (Lipinski definition) is 2. The predicted octanol–water partition coefficient (Wildman–Crippen LogP) is 1.63. The van der Waals surface area contributed by atoms with Gasteiger partial charge in [-0.05, 0) is 57.5 Å². The number of ether oxygens (including phenoxy) is 1. The van der Waals surface area contributed by atoms with Gasteiger partial charge in [0.1, 0.15) is 0 Å². The van der Waals surface area contributed by atoms with Crippen LogP contribution in [0.2, 0.25) is 0 Å². The highest BCUT2D eigenvalue weighted by Crippen LogP contribution is 2.33. The average Bonchev–Trinajstić information content (AvgIpc) is 2.39. The lowest BCUT2D eigenvalue weighted by atomic mass is 9.78. The fraction of sp³-hybridized carbons (Fsp3) is 1.00. The van der Waals surface area contributed by atoms with Crippen molar-refractivity contribution < 1.29 is 9.84 Å². The van der Waals surface area contributed by atoms with Gasteiger partial charge in [-0.15, -0.1) is 0 Å². The zero-order chi connectivity index (χ0) is 14.5. The molecule has 20 heavy (non-hydrogen) atoms. The van der Waals surface area contributed by atoms with Crippen LogP contribution >= 0.6 is 0 Å². The summed E-state index contributed by atoms with van der Waals surface area (Å²) in [5.74, 6) is 0. The zero-order valence-electron chi connectivity index (χ0n) is 13.3. The first-order valence-electron chi connectivity index (χ1n) is 8.29. The van der Waals surface area contributed by atoms with Gasteiger partial charge in [0.25, 0.3) is 0 Å². The number of nitrogens with one attached hydrogen (secondary N) is 1. The molecule has 0 aromatic heterocycles. The molecule has 2 aliphatic rings. The molecule has 0 bridgehead atoms. The highest BCUT2D eigenvalue weighted by molar-refractivity contribution is 4.91. The van der Waals surface area contributed by atoms with Crippen molar-refractivity contribution in [1.82, 2.24) is 10.2 Å². The smallest absolute Gasteiger partial charge is 0.0746 e. The maximum absolute atomic E-state index is 10.3. The lowest BCUT2D eigenvalue weighted by Gasteiger charge is -2.45. The number of likely N-dealkylation sites (tertiary alicyclic amines) is 1. The van der Waals surface area contributed by atoms with E-state index < -0.39 is 5.60 Å². The van der Waals surface area contributed by atoms with Crippen LogP contribution in [-0.4, -0.2) is 61.5 Å². The molecule has 2 rings (SSSR count). The maximum atomic E-state index is 10.3. The summed E-state index contributed by atoms with van der Waals surface area (Å²) in [5, 5.41) is 13.9. The molecule has 1 unspecified atom stereocenters. The molecule has 0 spiro atoms. The Morgan fingerprint density at radius 1 is 1.25 bits per heavy atom. The molecule has 2 N–H and O–H groups in total. The van der Waals surface area contributed by atoms with E-state index in [0.29, 0.717) is 5.41 Å². The lowest BCUT2D eigenvalue weighted by Crippen LogP contribution is -2.53. The highest BCUT2D eigenvalue weighted by atomic mass is 16.5. The topological polar surface area (TPSA) is 44.7 Å². The third-order valence-electron chi connectivity index (χ3n) is 4.79. The largest absolute Gasteiger partial charge is 0.389 e. The summed E-state index contributed by atoms with van der Waals surface area (Å²) in [4.78, 5) is 2.47. The first kappa shape index (κ1) is 16.2. The molecule has 118 valence electrons. The van der Waals surface area contributed by atoms with E-state index in [4.69, 9.17) is 4.74 Å². The molecule has 0 saturated carbocycles. The highest BCUT2D eigenvalue weighted by Gasteiger charge is 2.37. The van der Waals surface area contributed by atoms with Gasteiger partial charge in [-0.25, -0.2) is 0 Å². The van der Waals surface area contributed by atoms with Crippen molar-refractivity contribution in [2.45, 2.75) is 51.6 Å². The van der Waals surface area contributed by atoms with E-state index in [2.05, 4.69) is 17.1 Å². The second-order valence-electron chi connectivity index (χ2n) is 7.10. The summed E-state index contributed by atoms with van der Waals surface area (Å²) in [5.41, 5.74) is -0.164. The lowest BCUT2D eigenvalue weighted by molar-refractivity contribution is -0.0496. The summed E-state index contributed by atoms with van der Waals surface area (Å²) < 4.78 is 5.57. The summed E-state index contributed by atoms with van der Waals surface area (Å²) in [6.45, 7) is 11.2. The van der Waals surface area contributed by atoms with Crippen molar-refractivity contribution >= 4 is 0 Å². The van der Waals surface area contributed by atoms with Crippen LogP contribution in [0.3, 0.4) is 0 Å². The first-order chi connectivity index (χ1) is 9.55. The molecule has 1 atom stereocenters. The van der Waals surface area contributed by atoms with Gasteiger partial charge < -0.3 is 15.2 Å². The summed E-state index contributed by atoms with van der Waals surface area (Å²) in [6, 6.07) is 0. The van der Waals surface area contributed by atoms with E-state index in [1.807, 2.05) is 6.92 Å². The van der Waals surface area contributed by atoms with Gasteiger partial charge in [0.05, 0.1) is 5.60 Å². The minimum Gasteiger partial charge on any atom is -0.389 e. The zero-order valence-corrected chi connectivity index (χ0v) is 13.3. The minimum absolute atomic E-state index is 0.334. The van der Waals surface area contributed by atoms with E-state index in [1.165, 1.54) is 6.42 Å². The van der Waals surface area contributed by atoms with Crippen LogP contribution in [0, 0.1) is 5.41 Å². The number of aliphatic hydroxyl groups is 1. The molecule has 0 aromatic carbocycles. The average molecular weight is 284 g/mol. The van der Waals surface area contributed by atoms with Gasteiger partial charge in [-0.1, -0.05) is 6.92 Å². The van der Waals surface area contributed by atoms with Gasteiger partial charge in [0, 0.05) is 32.8 Å². The molecule has 2 heterocycles. The predicted molar refractivity (Wildman–Crippen MR) is 81.9 cm³/mol. The molecule has 0 aliphatic carbocycles. The molecule has 0 radical (unpaired) electrons. The van der Waals surface area contributed by atoms with Crippen LogP contribution in [0.25, 0.3) is 0 Å². The van der Waals surface area contributed by atoms with Crippen LogP contribution in [0.5, 0.6) is 0 Å². The summed E-state index contributed by atoms with van der Waals surface area (Å²) >= 11 is 0. The van der Waals surface area contributed by atoms with Crippen LogP contribution in [0.15, 0.2) is 0 Å². The van der Waals surface area contributed by atoms with Gasteiger partial charge >= 0.3 is 0 Å². The third-order valence-corrected chi connectivity index (χ3v) is 4.79. The Morgan fingerprint density at radius 3 is 2.65 bits per heavy atom. The maximum Gasteiger partial charge on any atom is 0.0746 e. The van der Waals surface area contributed by atoms with Gasteiger partial charge in [-0.2, -0.15) is 0 Å². The second-order valence-corrected chi connectivity index (χ2v) is 7.10. The van der Waals surface area contributed by atoms with Crippen molar-refractivity contribution in [2.75, 3.05) is 45.9 Å². The number of rotatable bonds is 6. The second kappa shape index (κ2) is 7.21. The van der Waals surface area contributed by atoms with Crippen LogP contribution in [0.4, 0.5) is 0 Å². The molecular formula is C16H32N2O2. The van der Waals surface area contributed by atoms with Gasteiger partial charge in [0.2, 0.25) is 0 Å². The Bertz CT molecular complexity index is 288. The van der Waals surface area contributed by atoms with E-state index in [9.17, 15) is 5.11 Å². The summed E-state index contributed by atoms with van der Waals surface area (Å²) in [7, 11) is 0. The van der Waals surface area contributed by atoms with Crippen molar-refractivity contribution in [1.29, 1.82) is 0 Å². The number of β-amino-alcohol motifs (C(OH)–C–C–N with tert-alkyl or cyclic N) is 1. The normalized spacial score (nSPS) is 31.4. The molecule has 2 aliphatic heterocycles. The molecular weight excluding hydrogens is 252 g/mol. The molecule has 4 heteroatoms.